The second-order valence-corrected chi connectivity index (χ2v) is 5.09. The van der Waals surface area contributed by atoms with Gasteiger partial charge >= 0.3 is 0 Å². The fraction of sp³-hybridized carbons (Fsp3) is 0.600. The molecular formula is C10H18ClN3S. The molecule has 1 aromatic heterocycles. The second-order valence-electron chi connectivity index (χ2n) is 3.71. The van der Waals surface area contributed by atoms with Crippen LogP contribution < -0.4 is 11.1 Å². The summed E-state index contributed by atoms with van der Waals surface area (Å²) in [4.78, 5) is 3.35. The van der Waals surface area contributed by atoms with E-state index in [0.717, 1.165) is 18.1 Å². The normalized spacial score (nSPS) is 13.4. The summed E-state index contributed by atoms with van der Waals surface area (Å²) in [5, 5.41) is 6.15. The molecule has 0 fully saturated rings. The molecule has 0 spiro atoms. The zero-order valence-electron chi connectivity index (χ0n) is 9.16. The van der Waals surface area contributed by atoms with Gasteiger partial charge in [0.05, 0.1) is 11.1 Å². The Morgan fingerprint density at radius 2 is 2.33 bits per heavy atom. The molecule has 1 unspecified atom stereocenters. The highest BCUT2D eigenvalue weighted by atomic mass is 35.5. The van der Waals surface area contributed by atoms with Gasteiger partial charge < -0.3 is 16.0 Å². The van der Waals surface area contributed by atoms with Gasteiger partial charge in [0.1, 0.15) is 0 Å². The van der Waals surface area contributed by atoms with Crippen LogP contribution in [0.25, 0.3) is 0 Å². The van der Waals surface area contributed by atoms with Gasteiger partial charge in [-0.05, 0) is 20.2 Å². The number of thiophene rings is 1. The number of nitrogens with two attached hydrogens (primary N) is 1. The standard InChI is InChI=1S/C10H18ClN3S/c1-14(2)4-3-13-9(6-12)10-5-8(11)7-15-10/h5,7,9,13H,3-4,6,12H2,1-2H3. The van der Waals surface area contributed by atoms with Gasteiger partial charge in [0.25, 0.3) is 0 Å². The molecule has 15 heavy (non-hydrogen) atoms. The number of rotatable bonds is 6. The average molecular weight is 248 g/mol. The van der Waals surface area contributed by atoms with Gasteiger partial charge in [-0.15, -0.1) is 11.3 Å². The summed E-state index contributed by atoms with van der Waals surface area (Å²) in [5.74, 6) is 0. The van der Waals surface area contributed by atoms with Crippen molar-refractivity contribution in [1.29, 1.82) is 0 Å². The minimum Gasteiger partial charge on any atom is -0.329 e. The Labute approximate surface area is 100 Å². The highest BCUT2D eigenvalue weighted by molar-refractivity contribution is 7.10. The molecule has 1 aromatic rings. The van der Waals surface area contributed by atoms with Crippen LogP contribution in [0.2, 0.25) is 5.02 Å². The molecule has 0 aromatic carbocycles. The van der Waals surface area contributed by atoms with Gasteiger partial charge in [0.2, 0.25) is 0 Å². The zero-order chi connectivity index (χ0) is 11.3. The summed E-state index contributed by atoms with van der Waals surface area (Å²) in [5.41, 5.74) is 5.72. The van der Waals surface area contributed by atoms with Gasteiger partial charge in [-0.3, -0.25) is 0 Å². The van der Waals surface area contributed by atoms with Crippen LogP contribution >= 0.6 is 22.9 Å². The molecular weight excluding hydrogens is 230 g/mol. The van der Waals surface area contributed by atoms with E-state index in [9.17, 15) is 0 Å². The van der Waals surface area contributed by atoms with Gasteiger partial charge in [-0.25, -0.2) is 0 Å². The molecule has 0 bridgehead atoms. The number of hydrogen-bond donors (Lipinski definition) is 2. The first-order valence-electron chi connectivity index (χ1n) is 4.95. The number of halogens is 1. The first-order chi connectivity index (χ1) is 7.13. The predicted octanol–water partition coefficient (Wildman–Crippen LogP) is 1.55. The van der Waals surface area contributed by atoms with E-state index in [1.807, 2.05) is 11.4 Å². The zero-order valence-corrected chi connectivity index (χ0v) is 10.7. The molecule has 0 saturated heterocycles. The fourth-order valence-electron chi connectivity index (χ4n) is 1.27. The summed E-state index contributed by atoms with van der Waals surface area (Å²) in [6.07, 6.45) is 0. The third-order valence-electron chi connectivity index (χ3n) is 2.12. The monoisotopic (exact) mass is 247 g/mol. The van der Waals surface area contributed by atoms with E-state index in [1.165, 1.54) is 4.88 Å². The van der Waals surface area contributed by atoms with Gasteiger partial charge in [-0.2, -0.15) is 0 Å². The minimum absolute atomic E-state index is 0.224. The Bertz CT molecular complexity index is 288. The van der Waals surface area contributed by atoms with Crippen LogP contribution in [0.1, 0.15) is 10.9 Å². The van der Waals surface area contributed by atoms with Crippen molar-refractivity contribution in [2.45, 2.75) is 6.04 Å². The molecule has 1 rings (SSSR count). The van der Waals surface area contributed by atoms with Crippen molar-refractivity contribution in [3.05, 3.63) is 21.3 Å². The Balaban J connectivity index is 2.42. The van der Waals surface area contributed by atoms with E-state index < -0.39 is 0 Å². The Morgan fingerprint density at radius 1 is 1.60 bits per heavy atom. The molecule has 0 amide bonds. The third kappa shape index (κ3) is 4.49. The minimum atomic E-state index is 0.224. The van der Waals surface area contributed by atoms with Crippen molar-refractivity contribution in [2.75, 3.05) is 33.7 Å². The van der Waals surface area contributed by atoms with E-state index in [4.69, 9.17) is 17.3 Å². The molecule has 86 valence electrons. The van der Waals surface area contributed by atoms with Crippen molar-refractivity contribution in [3.8, 4) is 0 Å². The van der Waals surface area contributed by atoms with Gasteiger partial charge in [0.15, 0.2) is 0 Å². The van der Waals surface area contributed by atoms with Crippen LogP contribution in [0.4, 0.5) is 0 Å². The van der Waals surface area contributed by atoms with Gasteiger partial charge in [0, 0.05) is 29.9 Å². The van der Waals surface area contributed by atoms with Crippen LogP contribution in [0.15, 0.2) is 11.4 Å². The highest BCUT2D eigenvalue weighted by Gasteiger charge is 2.10. The lowest BCUT2D eigenvalue weighted by Gasteiger charge is -2.17. The quantitative estimate of drug-likeness (QED) is 0.802. The van der Waals surface area contributed by atoms with E-state index in [-0.39, 0.29) is 6.04 Å². The SMILES string of the molecule is CN(C)CCNC(CN)c1cc(Cl)cs1. The van der Waals surface area contributed by atoms with Crippen molar-refractivity contribution in [1.82, 2.24) is 10.2 Å². The van der Waals surface area contributed by atoms with E-state index >= 15 is 0 Å². The van der Waals surface area contributed by atoms with Crippen molar-refractivity contribution < 1.29 is 0 Å². The van der Waals surface area contributed by atoms with Crippen molar-refractivity contribution in [3.63, 3.8) is 0 Å². The van der Waals surface area contributed by atoms with Gasteiger partial charge in [-0.1, -0.05) is 11.6 Å². The molecule has 1 atom stereocenters. The molecule has 0 aliphatic carbocycles. The van der Waals surface area contributed by atoms with Crippen LogP contribution in [0, 0.1) is 0 Å². The first-order valence-corrected chi connectivity index (χ1v) is 6.21. The lowest BCUT2D eigenvalue weighted by Crippen LogP contribution is -2.33. The van der Waals surface area contributed by atoms with E-state index in [0.29, 0.717) is 6.54 Å². The van der Waals surface area contributed by atoms with E-state index in [2.05, 4.69) is 24.3 Å². The Hall–Kier alpha value is -0.130. The number of likely N-dealkylation sites (N-methyl/N-ethyl adjacent to an activating group) is 1. The maximum Gasteiger partial charge on any atom is 0.0540 e. The summed E-state index contributed by atoms with van der Waals surface area (Å²) in [6, 6.07) is 2.20. The largest absolute Gasteiger partial charge is 0.329 e. The molecule has 0 saturated carbocycles. The molecule has 0 radical (unpaired) electrons. The molecule has 5 heteroatoms. The fourth-order valence-corrected chi connectivity index (χ4v) is 2.44. The molecule has 0 aliphatic heterocycles. The average Bonchev–Trinajstić information content (AvgIpc) is 2.59. The maximum absolute atomic E-state index is 5.88. The second kappa shape index (κ2) is 6.45. The lowest BCUT2D eigenvalue weighted by atomic mass is 10.2. The molecule has 3 N–H and O–H groups in total. The summed E-state index contributed by atoms with van der Waals surface area (Å²) >= 11 is 7.53. The highest BCUT2D eigenvalue weighted by Crippen LogP contribution is 2.24. The maximum atomic E-state index is 5.88. The Morgan fingerprint density at radius 3 is 2.80 bits per heavy atom. The molecule has 1 heterocycles. The number of nitrogens with zero attached hydrogens (tertiary/aromatic N) is 1. The molecule has 3 nitrogen and oxygen atoms in total. The smallest absolute Gasteiger partial charge is 0.0540 e. The topological polar surface area (TPSA) is 41.3 Å². The summed E-state index contributed by atoms with van der Waals surface area (Å²) < 4.78 is 0. The van der Waals surface area contributed by atoms with Crippen LogP contribution in [-0.4, -0.2) is 38.6 Å². The number of nitrogens with one attached hydrogen (secondary N) is 1. The van der Waals surface area contributed by atoms with Crippen molar-refractivity contribution in [2.24, 2.45) is 5.73 Å². The van der Waals surface area contributed by atoms with Crippen LogP contribution in [0.3, 0.4) is 0 Å². The number of hydrogen-bond acceptors (Lipinski definition) is 4. The Kier molecular flexibility index (Phi) is 5.56. The lowest BCUT2D eigenvalue weighted by molar-refractivity contribution is 0.386. The molecule has 0 aliphatic rings. The van der Waals surface area contributed by atoms with E-state index in [1.54, 1.807) is 11.3 Å². The summed E-state index contributed by atoms with van der Waals surface area (Å²) in [6.45, 7) is 2.55. The van der Waals surface area contributed by atoms with Crippen LogP contribution in [-0.2, 0) is 0 Å². The third-order valence-corrected chi connectivity index (χ3v) is 3.51. The van der Waals surface area contributed by atoms with Crippen molar-refractivity contribution >= 4 is 22.9 Å². The van der Waals surface area contributed by atoms with Crippen LogP contribution in [0.5, 0.6) is 0 Å². The first kappa shape index (κ1) is 12.9. The predicted molar refractivity (Wildman–Crippen MR) is 67.7 cm³/mol. The summed E-state index contributed by atoms with van der Waals surface area (Å²) in [7, 11) is 4.11.